The Morgan fingerprint density at radius 3 is 1.94 bits per heavy atom. The first-order valence-corrected chi connectivity index (χ1v) is 7.82. The van der Waals surface area contributed by atoms with E-state index >= 15 is 0 Å². The van der Waals surface area contributed by atoms with Crippen molar-refractivity contribution < 1.29 is 8.42 Å². The van der Waals surface area contributed by atoms with Crippen LogP contribution in [-0.4, -0.2) is 14.5 Å². The predicted molar refractivity (Wildman–Crippen MR) is 65.3 cm³/mol. The highest BCUT2D eigenvalue weighted by Gasteiger charge is 2.36. The van der Waals surface area contributed by atoms with Crippen molar-refractivity contribution in [2.24, 2.45) is 11.8 Å². The molecule has 0 aromatic carbocycles. The molecule has 3 nitrogen and oxygen atoms in total. The largest absolute Gasteiger partial charge is 0.233 e. The van der Waals surface area contributed by atoms with E-state index in [1.165, 1.54) is 44.9 Å². The minimum atomic E-state index is -3.26. The SMILES string of the molecule is C=CS(=O)(=O)NC(C1CCCC1)C1CCC1. The van der Waals surface area contributed by atoms with Crippen LogP contribution in [0.15, 0.2) is 12.0 Å². The first kappa shape index (κ1) is 12.1. The molecular weight excluding hydrogens is 222 g/mol. The highest BCUT2D eigenvalue weighted by Crippen LogP contribution is 2.38. The average molecular weight is 243 g/mol. The van der Waals surface area contributed by atoms with E-state index in [0.29, 0.717) is 11.8 Å². The van der Waals surface area contributed by atoms with Gasteiger partial charge in [0, 0.05) is 11.4 Å². The van der Waals surface area contributed by atoms with Crippen LogP contribution in [0, 0.1) is 11.8 Å². The molecule has 0 heterocycles. The maximum Gasteiger partial charge on any atom is 0.233 e. The van der Waals surface area contributed by atoms with Gasteiger partial charge in [0.15, 0.2) is 0 Å². The average Bonchev–Trinajstić information content (AvgIpc) is 2.66. The zero-order chi connectivity index (χ0) is 11.6. The number of hydrogen-bond donors (Lipinski definition) is 1. The molecule has 0 amide bonds. The van der Waals surface area contributed by atoms with Gasteiger partial charge in [0.25, 0.3) is 0 Å². The highest BCUT2D eigenvalue weighted by molar-refractivity contribution is 7.92. The third-order valence-corrected chi connectivity index (χ3v) is 5.12. The minimum absolute atomic E-state index is 0.166. The normalized spacial score (nSPS) is 25.2. The van der Waals surface area contributed by atoms with E-state index in [4.69, 9.17) is 0 Å². The molecule has 2 rings (SSSR count). The van der Waals surface area contributed by atoms with E-state index in [9.17, 15) is 8.42 Å². The van der Waals surface area contributed by atoms with Crippen LogP contribution in [0.25, 0.3) is 0 Å². The van der Waals surface area contributed by atoms with Crippen LogP contribution in [0.3, 0.4) is 0 Å². The van der Waals surface area contributed by atoms with Crippen LogP contribution in [-0.2, 0) is 10.0 Å². The third kappa shape index (κ3) is 2.66. The maximum atomic E-state index is 11.6. The predicted octanol–water partition coefficient (Wildman–Crippen LogP) is 2.41. The van der Waals surface area contributed by atoms with Gasteiger partial charge in [-0.1, -0.05) is 25.8 Å². The quantitative estimate of drug-likeness (QED) is 0.806. The third-order valence-electron chi connectivity index (χ3n) is 4.09. The Morgan fingerprint density at radius 2 is 1.56 bits per heavy atom. The summed E-state index contributed by atoms with van der Waals surface area (Å²) in [5.41, 5.74) is 0. The van der Waals surface area contributed by atoms with Gasteiger partial charge in [-0.15, -0.1) is 0 Å². The summed E-state index contributed by atoms with van der Waals surface area (Å²) in [5, 5.41) is 1.04. The first-order chi connectivity index (χ1) is 7.62. The maximum absolute atomic E-state index is 11.6. The number of hydrogen-bond acceptors (Lipinski definition) is 2. The second-order valence-corrected chi connectivity index (χ2v) is 6.75. The summed E-state index contributed by atoms with van der Waals surface area (Å²) in [6.07, 6.45) is 8.49. The molecule has 92 valence electrons. The number of rotatable bonds is 5. The zero-order valence-corrected chi connectivity index (χ0v) is 10.5. The molecule has 0 bridgehead atoms. The summed E-state index contributed by atoms with van der Waals surface area (Å²) < 4.78 is 26.0. The van der Waals surface area contributed by atoms with Gasteiger partial charge in [-0.25, -0.2) is 13.1 Å². The molecule has 1 N–H and O–H groups in total. The standard InChI is InChI=1S/C12H21NO2S/c1-2-16(14,15)13-12(11-8-5-9-11)10-6-3-4-7-10/h2,10-13H,1,3-9H2. The number of sulfonamides is 1. The smallest absolute Gasteiger partial charge is 0.208 e. The van der Waals surface area contributed by atoms with Gasteiger partial charge in [-0.3, -0.25) is 0 Å². The van der Waals surface area contributed by atoms with E-state index in [-0.39, 0.29) is 6.04 Å². The Bertz CT molecular complexity index is 340. The lowest BCUT2D eigenvalue weighted by Crippen LogP contribution is -2.46. The summed E-state index contributed by atoms with van der Waals surface area (Å²) in [7, 11) is -3.26. The first-order valence-electron chi connectivity index (χ1n) is 6.27. The minimum Gasteiger partial charge on any atom is -0.208 e. The molecule has 2 aliphatic rings. The van der Waals surface area contributed by atoms with E-state index in [0.717, 1.165) is 5.41 Å². The van der Waals surface area contributed by atoms with Gasteiger partial charge in [-0.2, -0.15) is 0 Å². The molecule has 2 aliphatic carbocycles. The van der Waals surface area contributed by atoms with E-state index in [1.54, 1.807) is 0 Å². The Labute approximate surface area is 98.4 Å². The van der Waals surface area contributed by atoms with Crippen LogP contribution in [0.5, 0.6) is 0 Å². The van der Waals surface area contributed by atoms with E-state index in [1.807, 2.05) is 0 Å². The monoisotopic (exact) mass is 243 g/mol. The molecule has 0 spiro atoms. The molecular formula is C12H21NO2S. The molecule has 0 aliphatic heterocycles. The van der Waals surface area contributed by atoms with Gasteiger partial charge in [0.2, 0.25) is 10.0 Å². The summed E-state index contributed by atoms with van der Waals surface area (Å²) in [6.45, 7) is 3.36. The van der Waals surface area contributed by atoms with Crippen molar-refractivity contribution in [2.45, 2.75) is 51.0 Å². The van der Waals surface area contributed by atoms with Crippen molar-refractivity contribution in [1.82, 2.24) is 4.72 Å². The Morgan fingerprint density at radius 1 is 1.06 bits per heavy atom. The second kappa shape index (κ2) is 4.88. The molecule has 1 atom stereocenters. The fourth-order valence-electron chi connectivity index (χ4n) is 2.93. The summed E-state index contributed by atoms with van der Waals surface area (Å²) in [6, 6.07) is 0.166. The molecule has 0 aromatic rings. The van der Waals surface area contributed by atoms with Gasteiger partial charge in [0.05, 0.1) is 0 Å². The lowest BCUT2D eigenvalue weighted by Gasteiger charge is -2.37. The Balaban J connectivity index is 2.04. The van der Waals surface area contributed by atoms with Crippen LogP contribution >= 0.6 is 0 Å². The van der Waals surface area contributed by atoms with Crippen molar-refractivity contribution in [3.8, 4) is 0 Å². The number of nitrogens with one attached hydrogen (secondary N) is 1. The fourth-order valence-corrected chi connectivity index (χ4v) is 3.79. The molecule has 0 radical (unpaired) electrons. The zero-order valence-electron chi connectivity index (χ0n) is 9.69. The van der Waals surface area contributed by atoms with Crippen LogP contribution in [0.4, 0.5) is 0 Å². The summed E-state index contributed by atoms with van der Waals surface area (Å²) in [4.78, 5) is 0. The van der Waals surface area contributed by atoms with Gasteiger partial charge in [-0.05, 0) is 37.5 Å². The van der Waals surface area contributed by atoms with Crippen molar-refractivity contribution in [3.05, 3.63) is 12.0 Å². The molecule has 2 fully saturated rings. The van der Waals surface area contributed by atoms with Crippen LogP contribution in [0.2, 0.25) is 0 Å². The highest BCUT2D eigenvalue weighted by atomic mass is 32.2. The van der Waals surface area contributed by atoms with Crippen LogP contribution < -0.4 is 4.72 Å². The lowest BCUT2D eigenvalue weighted by molar-refractivity contribution is 0.195. The lowest BCUT2D eigenvalue weighted by atomic mass is 9.75. The fraction of sp³-hybridized carbons (Fsp3) is 0.833. The van der Waals surface area contributed by atoms with Gasteiger partial charge < -0.3 is 0 Å². The molecule has 0 aromatic heterocycles. The molecule has 16 heavy (non-hydrogen) atoms. The van der Waals surface area contributed by atoms with Crippen molar-refractivity contribution in [1.29, 1.82) is 0 Å². The Hall–Kier alpha value is -0.350. The second-order valence-electron chi connectivity index (χ2n) is 5.09. The van der Waals surface area contributed by atoms with Crippen LogP contribution in [0.1, 0.15) is 44.9 Å². The van der Waals surface area contributed by atoms with E-state index in [2.05, 4.69) is 11.3 Å². The summed E-state index contributed by atoms with van der Waals surface area (Å²) in [5.74, 6) is 1.12. The topological polar surface area (TPSA) is 46.2 Å². The van der Waals surface area contributed by atoms with Crippen molar-refractivity contribution in [2.75, 3.05) is 0 Å². The van der Waals surface area contributed by atoms with Gasteiger partial charge in [0.1, 0.15) is 0 Å². The molecule has 4 heteroatoms. The molecule has 2 saturated carbocycles. The molecule has 0 saturated heterocycles. The molecule has 1 unspecified atom stereocenters. The van der Waals surface area contributed by atoms with Crippen molar-refractivity contribution in [3.63, 3.8) is 0 Å². The summed E-state index contributed by atoms with van der Waals surface area (Å²) >= 11 is 0. The Kier molecular flexibility index (Phi) is 3.70. The van der Waals surface area contributed by atoms with Gasteiger partial charge >= 0.3 is 0 Å². The van der Waals surface area contributed by atoms with E-state index < -0.39 is 10.0 Å². The van der Waals surface area contributed by atoms with Crippen molar-refractivity contribution >= 4 is 10.0 Å².